The first-order chi connectivity index (χ1) is 12.5. The summed E-state index contributed by atoms with van der Waals surface area (Å²) in [5.74, 6) is 0.0680. The second-order valence-electron chi connectivity index (χ2n) is 5.16. The number of carbonyl (C=O) groups excluding carboxylic acids is 1. The van der Waals surface area contributed by atoms with Gasteiger partial charge >= 0.3 is 0 Å². The van der Waals surface area contributed by atoms with Crippen molar-refractivity contribution >= 4 is 17.7 Å². The first-order valence-electron chi connectivity index (χ1n) is 7.62. The summed E-state index contributed by atoms with van der Waals surface area (Å²) < 4.78 is 42.4. The van der Waals surface area contributed by atoms with Gasteiger partial charge in [-0.05, 0) is 24.3 Å². The van der Waals surface area contributed by atoms with Gasteiger partial charge in [0.2, 0.25) is 5.91 Å². The maximum absolute atomic E-state index is 13.6. The summed E-state index contributed by atoms with van der Waals surface area (Å²) in [6.07, 6.45) is 0. The molecule has 26 heavy (non-hydrogen) atoms. The molecule has 8 heteroatoms. The van der Waals surface area contributed by atoms with E-state index in [9.17, 15) is 13.6 Å². The minimum absolute atomic E-state index is 0.0457. The third-order valence-corrected chi connectivity index (χ3v) is 4.55. The standard InChI is InChI=1S/C18H19F2NO4S/c1-23-14-8-16(25-3)15(24-2)6-11(14)9-21-18(22)10-26-17-7-12(19)4-5-13(17)20/h4-8H,9-10H2,1-3H3,(H,21,22). The number of nitrogens with one attached hydrogen (secondary N) is 1. The molecule has 0 aromatic heterocycles. The van der Waals surface area contributed by atoms with E-state index < -0.39 is 11.6 Å². The second kappa shape index (κ2) is 9.28. The highest BCUT2D eigenvalue weighted by Crippen LogP contribution is 2.34. The van der Waals surface area contributed by atoms with Gasteiger partial charge in [-0.2, -0.15) is 0 Å². The Bertz CT molecular complexity index is 786. The second-order valence-corrected chi connectivity index (χ2v) is 6.18. The normalized spacial score (nSPS) is 10.3. The molecular formula is C18H19F2NO4S. The average molecular weight is 383 g/mol. The number of halogens is 2. The topological polar surface area (TPSA) is 56.8 Å². The molecule has 0 aliphatic carbocycles. The number of carbonyl (C=O) groups is 1. The largest absolute Gasteiger partial charge is 0.496 e. The van der Waals surface area contributed by atoms with Crippen LogP contribution in [0.3, 0.4) is 0 Å². The molecule has 0 atom stereocenters. The Balaban J connectivity index is 1.99. The van der Waals surface area contributed by atoms with Gasteiger partial charge in [0.1, 0.15) is 17.4 Å². The summed E-state index contributed by atoms with van der Waals surface area (Å²) in [4.78, 5) is 12.1. The van der Waals surface area contributed by atoms with Gasteiger partial charge in [0, 0.05) is 23.1 Å². The number of thioether (sulfide) groups is 1. The maximum Gasteiger partial charge on any atom is 0.230 e. The highest BCUT2D eigenvalue weighted by atomic mass is 32.2. The quantitative estimate of drug-likeness (QED) is 0.708. The number of hydrogen-bond acceptors (Lipinski definition) is 5. The number of amides is 1. The fraction of sp³-hybridized carbons (Fsp3) is 0.278. The lowest BCUT2D eigenvalue weighted by Crippen LogP contribution is -2.24. The van der Waals surface area contributed by atoms with Crippen molar-refractivity contribution < 1.29 is 27.8 Å². The van der Waals surface area contributed by atoms with E-state index in [0.29, 0.717) is 22.8 Å². The highest BCUT2D eigenvalue weighted by Gasteiger charge is 2.13. The molecule has 1 N–H and O–H groups in total. The monoisotopic (exact) mass is 383 g/mol. The van der Waals surface area contributed by atoms with Crippen LogP contribution in [0.25, 0.3) is 0 Å². The van der Waals surface area contributed by atoms with Gasteiger partial charge in [-0.1, -0.05) is 0 Å². The van der Waals surface area contributed by atoms with Crippen LogP contribution in [-0.4, -0.2) is 33.0 Å². The summed E-state index contributed by atoms with van der Waals surface area (Å²) in [6.45, 7) is 0.189. The van der Waals surface area contributed by atoms with E-state index in [1.165, 1.54) is 21.3 Å². The lowest BCUT2D eigenvalue weighted by atomic mass is 10.1. The van der Waals surface area contributed by atoms with Gasteiger partial charge in [-0.15, -0.1) is 11.8 Å². The van der Waals surface area contributed by atoms with Gasteiger partial charge in [-0.25, -0.2) is 8.78 Å². The zero-order chi connectivity index (χ0) is 19.1. The van der Waals surface area contributed by atoms with Crippen molar-refractivity contribution in [1.82, 2.24) is 5.32 Å². The van der Waals surface area contributed by atoms with Crippen molar-refractivity contribution in [2.24, 2.45) is 0 Å². The fourth-order valence-electron chi connectivity index (χ4n) is 2.21. The van der Waals surface area contributed by atoms with Gasteiger partial charge in [-0.3, -0.25) is 4.79 Å². The third-order valence-electron chi connectivity index (χ3n) is 3.51. The molecule has 1 amide bonds. The first kappa shape index (κ1) is 19.8. The molecule has 0 unspecified atom stereocenters. The molecule has 5 nitrogen and oxygen atoms in total. The Morgan fingerprint density at radius 2 is 1.65 bits per heavy atom. The van der Waals surface area contributed by atoms with Crippen molar-refractivity contribution in [3.8, 4) is 17.2 Å². The number of hydrogen-bond donors (Lipinski definition) is 1. The van der Waals surface area contributed by atoms with Crippen LogP contribution in [0.4, 0.5) is 8.78 Å². The maximum atomic E-state index is 13.6. The van der Waals surface area contributed by atoms with E-state index in [-0.39, 0.29) is 23.1 Å². The van der Waals surface area contributed by atoms with Crippen LogP contribution in [0.1, 0.15) is 5.56 Å². The Kier molecular flexibility index (Phi) is 7.08. The van der Waals surface area contributed by atoms with Crippen LogP contribution >= 0.6 is 11.8 Å². The molecule has 0 aliphatic rings. The zero-order valence-corrected chi connectivity index (χ0v) is 15.4. The predicted molar refractivity (Wildman–Crippen MR) is 95.0 cm³/mol. The van der Waals surface area contributed by atoms with Crippen LogP contribution in [0.15, 0.2) is 35.2 Å². The molecule has 0 bridgehead atoms. The molecule has 0 fully saturated rings. The van der Waals surface area contributed by atoms with Crippen molar-refractivity contribution in [3.63, 3.8) is 0 Å². The minimum atomic E-state index is -0.564. The van der Waals surface area contributed by atoms with Gasteiger partial charge in [0.15, 0.2) is 11.5 Å². The van der Waals surface area contributed by atoms with E-state index >= 15 is 0 Å². The smallest absolute Gasteiger partial charge is 0.230 e. The van der Waals surface area contributed by atoms with Crippen LogP contribution in [0, 0.1) is 11.6 Å². The van der Waals surface area contributed by atoms with E-state index in [2.05, 4.69) is 5.32 Å². The molecule has 0 spiro atoms. The molecular weight excluding hydrogens is 364 g/mol. The molecule has 2 aromatic rings. The van der Waals surface area contributed by atoms with Gasteiger partial charge in [0.25, 0.3) is 0 Å². The highest BCUT2D eigenvalue weighted by molar-refractivity contribution is 8.00. The van der Waals surface area contributed by atoms with Gasteiger partial charge < -0.3 is 19.5 Å². The minimum Gasteiger partial charge on any atom is -0.496 e. The SMILES string of the molecule is COc1cc(OC)c(OC)cc1CNC(=O)CSc1cc(F)ccc1F. The number of ether oxygens (including phenoxy) is 3. The van der Waals surface area contributed by atoms with Crippen LogP contribution in [0.2, 0.25) is 0 Å². The first-order valence-corrected chi connectivity index (χ1v) is 8.60. The predicted octanol–water partition coefficient (Wildman–Crippen LogP) is 3.40. The third kappa shape index (κ3) is 5.01. The molecule has 0 saturated heterocycles. The van der Waals surface area contributed by atoms with Crippen molar-refractivity contribution in [2.45, 2.75) is 11.4 Å². The lowest BCUT2D eigenvalue weighted by Gasteiger charge is -2.14. The summed E-state index contributed by atoms with van der Waals surface area (Å²) in [5.41, 5.74) is 0.695. The lowest BCUT2D eigenvalue weighted by molar-refractivity contribution is -0.118. The zero-order valence-electron chi connectivity index (χ0n) is 14.6. The van der Waals surface area contributed by atoms with Crippen molar-refractivity contribution in [2.75, 3.05) is 27.1 Å². The molecule has 2 rings (SSSR count). The Morgan fingerprint density at radius 1 is 1.00 bits per heavy atom. The fourth-order valence-corrected chi connectivity index (χ4v) is 3.00. The Hall–Kier alpha value is -2.48. The van der Waals surface area contributed by atoms with E-state index in [1.807, 2.05) is 0 Å². The van der Waals surface area contributed by atoms with Crippen LogP contribution in [0.5, 0.6) is 17.2 Å². The molecule has 0 aliphatic heterocycles. The van der Waals surface area contributed by atoms with Crippen molar-refractivity contribution in [1.29, 1.82) is 0 Å². The summed E-state index contributed by atoms with van der Waals surface area (Å²) in [6, 6.07) is 6.49. The number of benzene rings is 2. The van der Waals surface area contributed by atoms with E-state index in [0.717, 1.165) is 30.0 Å². The summed E-state index contributed by atoms with van der Waals surface area (Å²) >= 11 is 0.925. The summed E-state index contributed by atoms with van der Waals surface area (Å²) in [7, 11) is 4.54. The van der Waals surface area contributed by atoms with Crippen LogP contribution < -0.4 is 19.5 Å². The van der Waals surface area contributed by atoms with Crippen molar-refractivity contribution in [3.05, 3.63) is 47.5 Å². The Morgan fingerprint density at radius 3 is 2.31 bits per heavy atom. The molecule has 0 saturated carbocycles. The summed E-state index contributed by atoms with van der Waals surface area (Å²) in [5, 5.41) is 2.71. The number of methoxy groups -OCH3 is 3. The molecule has 2 aromatic carbocycles. The number of rotatable bonds is 8. The van der Waals surface area contributed by atoms with Gasteiger partial charge in [0.05, 0.1) is 27.1 Å². The Labute approximate surface area is 154 Å². The molecule has 0 heterocycles. The molecule has 140 valence electrons. The molecule has 0 radical (unpaired) electrons. The van der Waals surface area contributed by atoms with E-state index in [4.69, 9.17) is 14.2 Å². The average Bonchev–Trinajstić information content (AvgIpc) is 2.66. The van der Waals surface area contributed by atoms with Crippen LogP contribution in [-0.2, 0) is 11.3 Å². The van der Waals surface area contributed by atoms with E-state index in [1.54, 1.807) is 12.1 Å².